The highest BCUT2D eigenvalue weighted by Crippen LogP contribution is 2.40. The third-order valence-corrected chi connectivity index (χ3v) is 4.41. The minimum absolute atomic E-state index is 0.0375. The molecular formula is C23H20N2O6. The van der Waals surface area contributed by atoms with E-state index in [9.17, 15) is 9.59 Å². The molecule has 1 aromatic heterocycles. The number of para-hydroxylation sites is 2. The maximum Gasteiger partial charge on any atom is 0.357 e. The van der Waals surface area contributed by atoms with Gasteiger partial charge in [0.25, 0.3) is 0 Å². The Morgan fingerprint density at radius 3 is 2.32 bits per heavy atom. The average Bonchev–Trinajstić information content (AvgIpc) is 3.22. The summed E-state index contributed by atoms with van der Waals surface area (Å²) in [4.78, 5) is 25.5. The van der Waals surface area contributed by atoms with Crippen molar-refractivity contribution >= 4 is 11.9 Å². The van der Waals surface area contributed by atoms with Crippen molar-refractivity contribution < 1.29 is 28.5 Å². The molecule has 0 saturated carbocycles. The van der Waals surface area contributed by atoms with Crippen molar-refractivity contribution in [1.29, 1.82) is 0 Å². The minimum atomic E-state index is -0.761. The first-order valence-corrected chi connectivity index (χ1v) is 9.16. The van der Waals surface area contributed by atoms with Crippen molar-refractivity contribution in [2.24, 2.45) is 0 Å². The van der Waals surface area contributed by atoms with Gasteiger partial charge in [-0.25, -0.2) is 14.3 Å². The molecule has 0 unspecified atom stereocenters. The first-order chi connectivity index (χ1) is 15.1. The van der Waals surface area contributed by atoms with Crippen molar-refractivity contribution in [2.75, 3.05) is 27.9 Å². The molecule has 0 aliphatic rings. The van der Waals surface area contributed by atoms with Crippen LogP contribution in [0.2, 0.25) is 0 Å². The molecule has 0 radical (unpaired) electrons. The summed E-state index contributed by atoms with van der Waals surface area (Å²) in [6, 6.07) is 13.9. The van der Waals surface area contributed by atoms with Crippen molar-refractivity contribution in [2.45, 2.75) is 0 Å². The number of terminal acetylenes is 1. The summed E-state index contributed by atoms with van der Waals surface area (Å²) in [5.74, 6) is 1.55. The Labute approximate surface area is 179 Å². The van der Waals surface area contributed by atoms with Gasteiger partial charge in [0.05, 0.1) is 27.0 Å². The largest absolute Gasteiger partial charge is 0.493 e. The molecule has 1 heterocycles. The molecule has 0 atom stereocenters. The van der Waals surface area contributed by atoms with E-state index in [0.29, 0.717) is 17.0 Å². The van der Waals surface area contributed by atoms with E-state index in [2.05, 4.69) is 11.0 Å². The second-order valence-corrected chi connectivity index (χ2v) is 6.13. The summed E-state index contributed by atoms with van der Waals surface area (Å²) < 4.78 is 22.3. The molecule has 8 nitrogen and oxygen atoms in total. The van der Waals surface area contributed by atoms with Crippen LogP contribution in [0.4, 0.5) is 0 Å². The number of rotatable bonds is 7. The molecule has 0 fully saturated rings. The van der Waals surface area contributed by atoms with Gasteiger partial charge in [0.15, 0.2) is 17.2 Å². The van der Waals surface area contributed by atoms with E-state index in [0.717, 1.165) is 0 Å². The van der Waals surface area contributed by atoms with E-state index in [-0.39, 0.29) is 29.3 Å². The zero-order valence-electron chi connectivity index (χ0n) is 17.2. The fraction of sp³-hybridized carbons (Fsp3) is 0.174. The number of benzene rings is 2. The quantitative estimate of drug-likeness (QED) is 0.429. The van der Waals surface area contributed by atoms with E-state index < -0.39 is 11.9 Å². The van der Waals surface area contributed by atoms with Gasteiger partial charge in [-0.05, 0) is 24.3 Å². The van der Waals surface area contributed by atoms with Crippen LogP contribution in [0, 0.1) is 12.3 Å². The third kappa shape index (κ3) is 4.07. The molecule has 0 N–H and O–H groups in total. The molecule has 0 amide bonds. The molecular weight excluding hydrogens is 400 g/mol. The highest BCUT2D eigenvalue weighted by atomic mass is 16.5. The Morgan fingerprint density at radius 2 is 1.71 bits per heavy atom. The molecule has 2 aromatic carbocycles. The van der Waals surface area contributed by atoms with Crippen LogP contribution in [-0.4, -0.2) is 49.7 Å². The highest BCUT2D eigenvalue weighted by Gasteiger charge is 2.33. The second kappa shape index (κ2) is 9.50. The number of aromatic nitrogens is 2. The van der Waals surface area contributed by atoms with Gasteiger partial charge in [0.2, 0.25) is 0 Å². The molecule has 0 spiro atoms. The smallest absolute Gasteiger partial charge is 0.357 e. The van der Waals surface area contributed by atoms with E-state index in [4.69, 9.17) is 25.4 Å². The number of ether oxygens (including phenoxy) is 4. The summed E-state index contributed by atoms with van der Waals surface area (Å²) in [5, 5.41) is 4.56. The fourth-order valence-electron chi connectivity index (χ4n) is 3.07. The molecule has 3 rings (SSSR count). The Hall–Kier alpha value is -4.25. The molecule has 31 heavy (non-hydrogen) atoms. The van der Waals surface area contributed by atoms with Gasteiger partial charge in [-0.15, -0.1) is 6.42 Å². The van der Waals surface area contributed by atoms with Gasteiger partial charge in [-0.1, -0.05) is 30.2 Å². The lowest BCUT2D eigenvalue weighted by Crippen LogP contribution is -2.15. The molecule has 0 aliphatic heterocycles. The number of nitrogens with zero attached hydrogens (tertiary/aromatic N) is 2. The Kier molecular flexibility index (Phi) is 6.58. The normalized spacial score (nSPS) is 10.1. The standard InChI is InChI=1S/C23H20N2O6/c1-5-14-31-21-16(12-9-13-17(21)28-2)19-18(22(26)29-3)20(23(27)30-4)25(24-19)15-10-7-6-8-11-15/h1,6-13H,14H2,2-4H3. The van der Waals surface area contributed by atoms with Gasteiger partial charge < -0.3 is 18.9 Å². The maximum atomic E-state index is 12.8. The summed E-state index contributed by atoms with van der Waals surface area (Å²) in [5.41, 5.74) is 0.948. The Morgan fingerprint density at radius 1 is 1.00 bits per heavy atom. The molecule has 0 saturated heterocycles. The lowest BCUT2D eigenvalue weighted by atomic mass is 10.0. The van der Waals surface area contributed by atoms with Crippen LogP contribution in [0.3, 0.4) is 0 Å². The zero-order valence-corrected chi connectivity index (χ0v) is 17.2. The van der Waals surface area contributed by atoms with Gasteiger partial charge >= 0.3 is 11.9 Å². The van der Waals surface area contributed by atoms with Crippen molar-refractivity contribution in [1.82, 2.24) is 9.78 Å². The monoisotopic (exact) mass is 420 g/mol. The molecule has 158 valence electrons. The van der Waals surface area contributed by atoms with Gasteiger partial charge in [-0.3, -0.25) is 0 Å². The molecule has 0 aliphatic carbocycles. The van der Waals surface area contributed by atoms with Crippen LogP contribution in [0.5, 0.6) is 11.5 Å². The van der Waals surface area contributed by atoms with Gasteiger partial charge in [-0.2, -0.15) is 5.10 Å². The van der Waals surface area contributed by atoms with Crippen LogP contribution in [0.25, 0.3) is 16.9 Å². The van der Waals surface area contributed by atoms with Gasteiger partial charge in [0.1, 0.15) is 17.9 Å². The van der Waals surface area contributed by atoms with Crippen molar-refractivity contribution in [3.8, 4) is 40.8 Å². The number of hydrogen-bond acceptors (Lipinski definition) is 7. The number of hydrogen-bond donors (Lipinski definition) is 0. The fourth-order valence-corrected chi connectivity index (χ4v) is 3.07. The summed E-state index contributed by atoms with van der Waals surface area (Å²) >= 11 is 0. The summed E-state index contributed by atoms with van der Waals surface area (Å²) in [6.07, 6.45) is 5.35. The van der Waals surface area contributed by atoms with Crippen molar-refractivity contribution in [3.63, 3.8) is 0 Å². The lowest BCUT2D eigenvalue weighted by Gasteiger charge is -2.13. The highest BCUT2D eigenvalue weighted by molar-refractivity contribution is 6.07. The number of carbonyl (C=O) groups is 2. The SMILES string of the molecule is C#CCOc1c(OC)cccc1-c1nn(-c2ccccc2)c(C(=O)OC)c1C(=O)OC. The van der Waals surface area contributed by atoms with Crippen LogP contribution in [0.1, 0.15) is 20.8 Å². The Balaban J connectivity index is 2.39. The number of carbonyl (C=O) groups excluding carboxylic acids is 2. The predicted octanol–water partition coefficient (Wildman–Crippen LogP) is 3.13. The summed E-state index contributed by atoms with van der Waals surface area (Å²) in [7, 11) is 3.91. The minimum Gasteiger partial charge on any atom is -0.493 e. The van der Waals surface area contributed by atoms with Crippen LogP contribution in [-0.2, 0) is 9.47 Å². The van der Waals surface area contributed by atoms with E-state index in [1.807, 2.05) is 6.07 Å². The van der Waals surface area contributed by atoms with Crippen molar-refractivity contribution in [3.05, 3.63) is 59.8 Å². The predicted molar refractivity (Wildman–Crippen MR) is 113 cm³/mol. The second-order valence-electron chi connectivity index (χ2n) is 6.13. The third-order valence-electron chi connectivity index (χ3n) is 4.41. The average molecular weight is 420 g/mol. The topological polar surface area (TPSA) is 88.9 Å². The van der Waals surface area contributed by atoms with Gasteiger partial charge in [0, 0.05) is 5.56 Å². The molecule has 3 aromatic rings. The summed E-state index contributed by atoms with van der Waals surface area (Å²) in [6.45, 7) is -0.0375. The van der Waals surface area contributed by atoms with Crippen LogP contribution in [0.15, 0.2) is 48.5 Å². The lowest BCUT2D eigenvalue weighted by molar-refractivity contribution is 0.0549. The first kappa shape index (κ1) is 21.5. The van der Waals surface area contributed by atoms with Crippen LogP contribution < -0.4 is 9.47 Å². The number of methoxy groups -OCH3 is 3. The van der Waals surface area contributed by atoms with E-state index >= 15 is 0 Å². The molecule has 8 heteroatoms. The molecule has 0 bridgehead atoms. The first-order valence-electron chi connectivity index (χ1n) is 9.16. The van der Waals surface area contributed by atoms with E-state index in [1.54, 1.807) is 42.5 Å². The number of esters is 2. The van der Waals surface area contributed by atoms with Crippen LogP contribution >= 0.6 is 0 Å². The maximum absolute atomic E-state index is 12.8. The zero-order chi connectivity index (χ0) is 22.4. The Bertz CT molecular complexity index is 1140. The van der Waals surface area contributed by atoms with E-state index in [1.165, 1.54) is 26.0 Å².